The summed E-state index contributed by atoms with van der Waals surface area (Å²) >= 11 is 0. The van der Waals surface area contributed by atoms with Crippen LogP contribution in [-0.4, -0.2) is 29.3 Å². The third-order valence-corrected chi connectivity index (χ3v) is 3.24. The van der Waals surface area contributed by atoms with E-state index in [2.05, 4.69) is 19.2 Å². The molecular formula is C10H23NOS. The predicted molar refractivity (Wildman–Crippen MR) is 60.5 cm³/mol. The van der Waals surface area contributed by atoms with E-state index in [0.29, 0.717) is 0 Å². The van der Waals surface area contributed by atoms with Crippen molar-refractivity contribution in [1.82, 2.24) is 5.32 Å². The van der Waals surface area contributed by atoms with Crippen LogP contribution in [0.1, 0.15) is 33.1 Å². The Labute approximate surface area is 84.9 Å². The van der Waals surface area contributed by atoms with Gasteiger partial charge in [-0.1, -0.05) is 26.7 Å². The summed E-state index contributed by atoms with van der Waals surface area (Å²) in [4.78, 5) is 0. The smallest absolute Gasteiger partial charge is 0.0244 e. The second-order valence-electron chi connectivity index (χ2n) is 3.52. The van der Waals surface area contributed by atoms with Gasteiger partial charge in [0, 0.05) is 22.8 Å². The molecule has 0 aliphatic rings. The Balaban J connectivity index is 3.19. The second kappa shape index (κ2) is 8.70. The Morgan fingerprint density at radius 1 is 1.31 bits per heavy atom. The molecule has 0 saturated heterocycles. The maximum atomic E-state index is 10.7. The highest BCUT2D eigenvalue weighted by Gasteiger charge is 2.01. The first-order chi connectivity index (χ1) is 6.20. The first kappa shape index (κ1) is 13.1. The summed E-state index contributed by atoms with van der Waals surface area (Å²) in [6.45, 7) is 6.59. The SMILES string of the molecule is CCC(CC)CNCCCS(C)=O. The fourth-order valence-electron chi connectivity index (χ4n) is 1.28. The van der Waals surface area contributed by atoms with E-state index >= 15 is 0 Å². The number of rotatable bonds is 8. The van der Waals surface area contributed by atoms with Crippen molar-refractivity contribution < 1.29 is 4.21 Å². The van der Waals surface area contributed by atoms with Gasteiger partial charge < -0.3 is 5.32 Å². The zero-order valence-electron chi connectivity index (χ0n) is 9.14. The average molecular weight is 205 g/mol. The Morgan fingerprint density at radius 2 is 1.92 bits per heavy atom. The summed E-state index contributed by atoms with van der Waals surface area (Å²) < 4.78 is 10.7. The highest BCUT2D eigenvalue weighted by molar-refractivity contribution is 7.84. The molecule has 1 atom stereocenters. The fraction of sp³-hybridized carbons (Fsp3) is 1.00. The van der Waals surface area contributed by atoms with Crippen LogP contribution in [-0.2, 0) is 10.8 Å². The summed E-state index contributed by atoms with van der Waals surface area (Å²) in [5.41, 5.74) is 0. The summed E-state index contributed by atoms with van der Waals surface area (Å²) in [5.74, 6) is 1.64. The third kappa shape index (κ3) is 8.44. The van der Waals surface area contributed by atoms with Crippen LogP contribution >= 0.6 is 0 Å². The molecule has 0 heterocycles. The molecule has 2 nitrogen and oxygen atoms in total. The van der Waals surface area contributed by atoms with Crippen molar-refractivity contribution in [3.8, 4) is 0 Å². The van der Waals surface area contributed by atoms with E-state index in [9.17, 15) is 4.21 Å². The van der Waals surface area contributed by atoms with E-state index in [1.54, 1.807) is 6.26 Å². The quantitative estimate of drug-likeness (QED) is 0.612. The Bertz CT molecular complexity index is 135. The van der Waals surface area contributed by atoms with Gasteiger partial charge in [0.1, 0.15) is 0 Å². The van der Waals surface area contributed by atoms with E-state index in [4.69, 9.17) is 0 Å². The van der Waals surface area contributed by atoms with E-state index in [-0.39, 0.29) is 0 Å². The molecule has 0 aromatic heterocycles. The van der Waals surface area contributed by atoms with Gasteiger partial charge in [0.15, 0.2) is 0 Å². The highest BCUT2D eigenvalue weighted by atomic mass is 32.2. The minimum absolute atomic E-state index is 0.623. The van der Waals surface area contributed by atoms with Crippen LogP contribution in [0.25, 0.3) is 0 Å². The molecule has 0 saturated carbocycles. The molecule has 0 amide bonds. The van der Waals surface area contributed by atoms with Crippen molar-refractivity contribution in [3.63, 3.8) is 0 Å². The summed E-state index contributed by atoms with van der Waals surface area (Å²) in [6, 6.07) is 0. The molecule has 13 heavy (non-hydrogen) atoms. The van der Waals surface area contributed by atoms with Crippen molar-refractivity contribution in [2.45, 2.75) is 33.1 Å². The van der Waals surface area contributed by atoms with E-state index in [0.717, 1.165) is 31.2 Å². The lowest BCUT2D eigenvalue weighted by atomic mass is 10.0. The van der Waals surface area contributed by atoms with Gasteiger partial charge in [-0.3, -0.25) is 4.21 Å². The van der Waals surface area contributed by atoms with Crippen LogP contribution in [0.5, 0.6) is 0 Å². The van der Waals surface area contributed by atoms with E-state index in [1.807, 2.05) is 0 Å². The molecule has 1 unspecified atom stereocenters. The van der Waals surface area contributed by atoms with Crippen molar-refractivity contribution in [3.05, 3.63) is 0 Å². The maximum Gasteiger partial charge on any atom is 0.0244 e. The lowest BCUT2D eigenvalue weighted by Gasteiger charge is -2.12. The number of hydrogen-bond acceptors (Lipinski definition) is 2. The Hall–Kier alpha value is 0.110. The molecule has 0 aliphatic carbocycles. The lowest BCUT2D eigenvalue weighted by Crippen LogP contribution is -2.24. The van der Waals surface area contributed by atoms with Crippen LogP contribution < -0.4 is 5.32 Å². The van der Waals surface area contributed by atoms with Crippen LogP contribution in [0, 0.1) is 5.92 Å². The van der Waals surface area contributed by atoms with Crippen LogP contribution in [0.4, 0.5) is 0 Å². The predicted octanol–water partition coefficient (Wildman–Crippen LogP) is 1.78. The number of hydrogen-bond donors (Lipinski definition) is 1. The van der Waals surface area contributed by atoms with Crippen molar-refractivity contribution >= 4 is 10.8 Å². The van der Waals surface area contributed by atoms with Gasteiger partial charge >= 0.3 is 0 Å². The van der Waals surface area contributed by atoms with Gasteiger partial charge in [-0.25, -0.2) is 0 Å². The molecule has 0 aromatic carbocycles. The fourth-order valence-corrected chi connectivity index (χ4v) is 1.83. The molecule has 3 heteroatoms. The molecule has 0 fully saturated rings. The third-order valence-electron chi connectivity index (χ3n) is 2.37. The molecular weight excluding hydrogens is 182 g/mol. The summed E-state index contributed by atoms with van der Waals surface area (Å²) in [6.07, 6.45) is 5.30. The normalized spacial score (nSPS) is 13.5. The molecule has 0 spiro atoms. The summed E-state index contributed by atoms with van der Waals surface area (Å²) in [7, 11) is -0.623. The van der Waals surface area contributed by atoms with Crippen LogP contribution in [0.15, 0.2) is 0 Å². The maximum absolute atomic E-state index is 10.7. The van der Waals surface area contributed by atoms with Crippen LogP contribution in [0.2, 0.25) is 0 Å². The zero-order valence-corrected chi connectivity index (χ0v) is 9.95. The van der Waals surface area contributed by atoms with Gasteiger partial charge in [-0.15, -0.1) is 0 Å². The van der Waals surface area contributed by atoms with Crippen molar-refractivity contribution in [2.24, 2.45) is 5.92 Å². The van der Waals surface area contributed by atoms with Gasteiger partial charge in [0.2, 0.25) is 0 Å². The minimum atomic E-state index is -0.623. The van der Waals surface area contributed by atoms with Crippen LogP contribution in [0.3, 0.4) is 0 Å². The molecule has 0 radical (unpaired) electrons. The van der Waals surface area contributed by atoms with Gasteiger partial charge in [-0.05, 0) is 25.4 Å². The zero-order chi connectivity index (χ0) is 10.1. The van der Waals surface area contributed by atoms with E-state index < -0.39 is 10.8 Å². The lowest BCUT2D eigenvalue weighted by molar-refractivity contribution is 0.450. The molecule has 0 aliphatic heterocycles. The molecule has 1 N–H and O–H groups in total. The topological polar surface area (TPSA) is 29.1 Å². The Morgan fingerprint density at radius 3 is 2.38 bits per heavy atom. The standard InChI is InChI=1S/C10H23NOS/c1-4-10(5-2)9-11-7-6-8-13(3)12/h10-11H,4-9H2,1-3H3. The highest BCUT2D eigenvalue weighted by Crippen LogP contribution is 2.04. The summed E-state index contributed by atoms with van der Waals surface area (Å²) in [5, 5.41) is 3.41. The monoisotopic (exact) mass is 205 g/mol. The van der Waals surface area contributed by atoms with Crippen molar-refractivity contribution in [2.75, 3.05) is 25.1 Å². The largest absolute Gasteiger partial charge is 0.316 e. The molecule has 80 valence electrons. The van der Waals surface area contributed by atoms with Gasteiger partial charge in [0.05, 0.1) is 0 Å². The first-order valence-electron chi connectivity index (χ1n) is 5.21. The number of nitrogens with one attached hydrogen (secondary N) is 1. The second-order valence-corrected chi connectivity index (χ2v) is 5.07. The van der Waals surface area contributed by atoms with Gasteiger partial charge in [0.25, 0.3) is 0 Å². The molecule has 0 rings (SSSR count). The van der Waals surface area contributed by atoms with Gasteiger partial charge in [-0.2, -0.15) is 0 Å². The Kier molecular flexibility index (Phi) is 8.77. The molecule has 0 aromatic rings. The first-order valence-corrected chi connectivity index (χ1v) is 6.94. The molecule has 0 bridgehead atoms. The van der Waals surface area contributed by atoms with Crippen molar-refractivity contribution in [1.29, 1.82) is 0 Å². The van der Waals surface area contributed by atoms with E-state index in [1.165, 1.54) is 12.8 Å². The average Bonchev–Trinajstić information content (AvgIpc) is 2.11. The minimum Gasteiger partial charge on any atom is -0.316 e.